The third-order valence-electron chi connectivity index (χ3n) is 1.63. The SMILES string of the molecule is COCOc1[c-]c(OCOC)cc(C)c1.[Cu+]. The molecule has 1 aromatic carbocycles. The first kappa shape index (κ1) is 15.3. The van der Waals surface area contributed by atoms with E-state index in [0.717, 1.165) is 5.56 Å². The Labute approximate surface area is 106 Å². The van der Waals surface area contributed by atoms with Crippen LogP contribution in [0, 0.1) is 13.0 Å². The van der Waals surface area contributed by atoms with Gasteiger partial charge in [0.1, 0.15) is 0 Å². The molecule has 1 aromatic rings. The van der Waals surface area contributed by atoms with Crippen LogP contribution in [0.1, 0.15) is 5.56 Å². The summed E-state index contributed by atoms with van der Waals surface area (Å²) in [7, 11) is 3.14. The number of hydrogen-bond donors (Lipinski definition) is 0. The molecule has 0 amide bonds. The molecule has 0 unspecified atom stereocenters. The maximum Gasteiger partial charge on any atom is 1.00 e. The van der Waals surface area contributed by atoms with Gasteiger partial charge in [-0.1, -0.05) is 13.0 Å². The van der Waals surface area contributed by atoms with Crippen molar-refractivity contribution in [3.8, 4) is 11.5 Å². The van der Waals surface area contributed by atoms with Crippen molar-refractivity contribution < 1.29 is 36.0 Å². The van der Waals surface area contributed by atoms with Crippen LogP contribution in [-0.2, 0) is 26.5 Å². The van der Waals surface area contributed by atoms with Gasteiger partial charge in [-0.25, -0.2) is 0 Å². The van der Waals surface area contributed by atoms with Crippen molar-refractivity contribution in [2.75, 3.05) is 27.8 Å². The molecule has 0 aliphatic heterocycles. The monoisotopic (exact) mass is 274 g/mol. The second kappa shape index (κ2) is 8.42. The molecule has 0 spiro atoms. The zero-order valence-corrected chi connectivity index (χ0v) is 10.4. The average molecular weight is 275 g/mol. The van der Waals surface area contributed by atoms with Crippen molar-refractivity contribution in [3.05, 3.63) is 23.8 Å². The zero-order chi connectivity index (χ0) is 11.1. The molecule has 0 fully saturated rings. The van der Waals surface area contributed by atoms with Gasteiger partial charge in [-0.3, -0.25) is 0 Å². The summed E-state index contributed by atoms with van der Waals surface area (Å²) in [5.74, 6) is 1.20. The number of benzene rings is 1. The van der Waals surface area contributed by atoms with Crippen LogP contribution in [0.4, 0.5) is 0 Å². The van der Waals surface area contributed by atoms with Crippen LogP contribution < -0.4 is 9.47 Å². The van der Waals surface area contributed by atoms with Gasteiger partial charge < -0.3 is 18.9 Å². The third-order valence-corrected chi connectivity index (χ3v) is 1.63. The summed E-state index contributed by atoms with van der Waals surface area (Å²) >= 11 is 0. The maximum atomic E-state index is 5.26. The van der Waals surface area contributed by atoms with Gasteiger partial charge in [0.2, 0.25) is 0 Å². The molecule has 0 bridgehead atoms. The summed E-state index contributed by atoms with van der Waals surface area (Å²) < 4.78 is 20.1. The Kier molecular flexibility index (Phi) is 8.03. The number of aryl methyl sites for hydroxylation is 1. The number of hydrogen-bond acceptors (Lipinski definition) is 4. The normalized spacial score (nSPS) is 9.44. The Balaban J connectivity index is 0.00000225. The molecule has 0 heterocycles. The molecular formula is C11H15CuO4. The van der Waals surface area contributed by atoms with Crippen LogP contribution in [-0.4, -0.2) is 27.8 Å². The van der Waals surface area contributed by atoms with Gasteiger partial charge in [-0.15, -0.1) is 12.1 Å². The molecule has 0 atom stereocenters. The summed E-state index contributed by atoms with van der Waals surface area (Å²) in [6.07, 6.45) is 0. The van der Waals surface area contributed by atoms with Crippen LogP contribution in [0.3, 0.4) is 0 Å². The number of methoxy groups -OCH3 is 2. The number of ether oxygens (including phenoxy) is 4. The van der Waals surface area contributed by atoms with Crippen LogP contribution in [0.25, 0.3) is 0 Å². The molecule has 0 saturated carbocycles. The van der Waals surface area contributed by atoms with Crippen molar-refractivity contribution in [2.45, 2.75) is 6.92 Å². The van der Waals surface area contributed by atoms with E-state index in [-0.39, 0.29) is 30.7 Å². The molecule has 0 saturated heterocycles. The molecule has 0 radical (unpaired) electrons. The van der Waals surface area contributed by atoms with Crippen molar-refractivity contribution in [1.82, 2.24) is 0 Å². The molecule has 0 aliphatic carbocycles. The number of rotatable bonds is 6. The third kappa shape index (κ3) is 5.37. The summed E-state index contributed by atoms with van der Waals surface area (Å²) in [5.41, 5.74) is 1.03. The average Bonchev–Trinajstić information content (AvgIpc) is 2.23. The predicted molar refractivity (Wildman–Crippen MR) is 55.0 cm³/mol. The maximum absolute atomic E-state index is 5.26. The molecule has 5 heteroatoms. The molecule has 16 heavy (non-hydrogen) atoms. The Morgan fingerprint density at radius 3 is 1.81 bits per heavy atom. The van der Waals surface area contributed by atoms with Crippen LogP contribution in [0.5, 0.6) is 11.5 Å². The second-order valence-electron chi connectivity index (χ2n) is 2.99. The van der Waals surface area contributed by atoms with Gasteiger partial charge >= 0.3 is 17.1 Å². The minimum atomic E-state index is 0. The fourth-order valence-corrected chi connectivity index (χ4v) is 1.05. The predicted octanol–water partition coefficient (Wildman–Crippen LogP) is 1.76. The van der Waals surface area contributed by atoms with Crippen molar-refractivity contribution in [3.63, 3.8) is 0 Å². The first-order chi connectivity index (χ1) is 7.26. The van der Waals surface area contributed by atoms with E-state index in [2.05, 4.69) is 6.07 Å². The van der Waals surface area contributed by atoms with Crippen molar-refractivity contribution >= 4 is 0 Å². The van der Waals surface area contributed by atoms with Gasteiger partial charge in [0, 0.05) is 25.7 Å². The van der Waals surface area contributed by atoms with Crippen molar-refractivity contribution in [1.29, 1.82) is 0 Å². The summed E-state index contributed by atoms with van der Waals surface area (Å²) in [4.78, 5) is 0. The fraction of sp³-hybridized carbons (Fsp3) is 0.455. The molecule has 1 rings (SSSR count). The van der Waals surface area contributed by atoms with E-state index in [1.54, 1.807) is 14.2 Å². The zero-order valence-electron chi connectivity index (χ0n) is 9.50. The minimum absolute atomic E-state index is 0. The van der Waals surface area contributed by atoms with E-state index in [9.17, 15) is 0 Å². The summed E-state index contributed by atoms with van der Waals surface area (Å²) in [5, 5.41) is 0. The Hall–Kier alpha value is -0.741. The van der Waals surface area contributed by atoms with Gasteiger partial charge in [-0.05, 0) is 0 Å². The summed E-state index contributed by atoms with van der Waals surface area (Å²) in [6, 6.07) is 6.67. The first-order valence-electron chi connectivity index (χ1n) is 4.53. The molecule has 4 nitrogen and oxygen atoms in total. The molecular weight excluding hydrogens is 260 g/mol. The minimum Gasteiger partial charge on any atom is -0.493 e. The van der Waals surface area contributed by atoms with E-state index in [0.29, 0.717) is 11.5 Å². The van der Waals surface area contributed by atoms with E-state index in [4.69, 9.17) is 18.9 Å². The van der Waals surface area contributed by atoms with Gasteiger partial charge in [0.15, 0.2) is 13.6 Å². The Morgan fingerprint density at radius 1 is 1.00 bits per heavy atom. The second-order valence-corrected chi connectivity index (χ2v) is 2.99. The van der Waals surface area contributed by atoms with Crippen molar-refractivity contribution in [2.24, 2.45) is 0 Å². The topological polar surface area (TPSA) is 36.9 Å². The van der Waals surface area contributed by atoms with Crippen LogP contribution >= 0.6 is 0 Å². The van der Waals surface area contributed by atoms with Crippen LogP contribution in [0.2, 0.25) is 0 Å². The van der Waals surface area contributed by atoms with Gasteiger partial charge in [-0.2, -0.15) is 5.56 Å². The summed E-state index contributed by atoms with van der Waals surface area (Å²) in [6.45, 7) is 2.35. The van der Waals surface area contributed by atoms with E-state index in [1.807, 2.05) is 19.1 Å². The molecule has 0 aromatic heterocycles. The van der Waals surface area contributed by atoms with E-state index in [1.165, 1.54) is 0 Å². The van der Waals surface area contributed by atoms with Crippen LogP contribution in [0.15, 0.2) is 12.1 Å². The van der Waals surface area contributed by atoms with Gasteiger partial charge in [0.05, 0.1) is 0 Å². The fourth-order valence-electron chi connectivity index (χ4n) is 1.05. The first-order valence-corrected chi connectivity index (χ1v) is 4.53. The largest absolute Gasteiger partial charge is 1.00 e. The van der Waals surface area contributed by atoms with Gasteiger partial charge in [0.25, 0.3) is 0 Å². The Bertz CT molecular complexity index is 278. The van der Waals surface area contributed by atoms with E-state index >= 15 is 0 Å². The quantitative estimate of drug-likeness (QED) is 0.450. The molecule has 0 aliphatic rings. The standard InChI is InChI=1S/C11H15O4.Cu/c1-9-4-10(14-7-12-2)6-11(5-9)15-8-13-3;/h4-5H,7-8H2,1-3H3;/q-1;+1. The Morgan fingerprint density at radius 2 is 1.44 bits per heavy atom. The molecule has 0 N–H and O–H groups in total. The molecule has 94 valence electrons. The van der Waals surface area contributed by atoms with E-state index < -0.39 is 0 Å². The smallest absolute Gasteiger partial charge is 0.493 e.